The summed E-state index contributed by atoms with van der Waals surface area (Å²) in [5, 5.41) is 3.62. The highest BCUT2D eigenvalue weighted by molar-refractivity contribution is 7.11. The summed E-state index contributed by atoms with van der Waals surface area (Å²) in [6.45, 7) is 10.9. The van der Waals surface area contributed by atoms with Crippen LogP contribution in [0.4, 0.5) is 0 Å². The van der Waals surface area contributed by atoms with Gasteiger partial charge in [0.2, 0.25) is 0 Å². The lowest BCUT2D eigenvalue weighted by atomic mass is 9.78. The zero-order valence-corrected chi connectivity index (χ0v) is 13.5. The third-order valence-electron chi connectivity index (χ3n) is 4.28. The summed E-state index contributed by atoms with van der Waals surface area (Å²) in [6.07, 6.45) is 3.82. The van der Waals surface area contributed by atoms with E-state index in [-0.39, 0.29) is 5.41 Å². The van der Waals surface area contributed by atoms with E-state index < -0.39 is 0 Å². The lowest BCUT2D eigenvalue weighted by Crippen LogP contribution is -2.43. The van der Waals surface area contributed by atoms with Gasteiger partial charge in [0.1, 0.15) is 0 Å². The van der Waals surface area contributed by atoms with Gasteiger partial charge in [0.15, 0.2) is 0 Å². The molecular weight excluding hydrogens is 254 g/mol. The molecular formula is C16H27NOS. The van der Waals surface area contributed by atoms with Crippen molar-refractivity contribution in [3.8, 4) is 0 Å². The molecule has 2 unspecified atom stereocenters. The van der Waals surface area contributed by atoms with Gasteiger partial charge in [-0.25, -0.2) is 0 Å². The van der Waals surface area contributed by atoms with E-state index in [2.05, 4.69) is 45.1 Å². The van der Waals surface area contributed by atoms with Crippen LogP contribution in [-0.4, -0.2) is 25.3 Å². The van der Waals surface area contributed by atoms with Crippen LogP contribution < -0.4 is 5.32 Å². The SMILES string of the molecule is CCc1ccc(CC2(CNC(C)C)CCOC2C)s1. The number of aryl methyl sites for hydroxylation is 1. The number of ether oxygens (including phenoxy) is 1. The number of rotatable bonds is 6. The van der Waals surface area contributed by atoms with Crippen LogP contribution in [0.25, 0.3) is 0 Å². The van der Waals surface area contributed by atoms with E-state index in [0.29, 0.717) is 12.1 Å². The van der Waals surface area contributed by atoms with E-state index in [0.717, 1.165) is 26.0 Å². The predicted molar refractivity (Wildman–Crippen MR) is 83.0 cm³/mol. The van der Waals surface area contributed by atoms with Crippen molar-refractivity contribution >= 4 is 11.3 Å². The molecule has 1 aliphatic heterocycles. The maximum atomic E-state index is 5.87. The molecule has 2 rings (SSSR count). The number of hydrogen-bond acceptors (Lipinski definition) is 3. The van der Waals surface area contributed by atoms with E-state index in [1.807, 2.05) is 11.3 Å². The highest BCUT2D eigenvalue weighted by atomic mass is 32.1. The first kappa shape index (κ1) is 15.0. The van der Waals surface area contributed by atoms with Crippen molar-refractivity contribution in [2.45, 2.75) is 59.1 Å². The van der Waals surface area contributed by atoms with E-state index in [1.54, 1.807) is 0 Å². The van der Waals surface area contributed by atoms with Crippen LogP contribution in [0.1, 0.15) is 43.9 Å². The van der Waals surface area contributed by atoms with E-state index in [4.69, 9.17) is 4.74 Å². The maximum Gasteiger partial charge on any atom is 0.0619 e. The van der Waals surface area contributed by atoms with Crippen LogP contribution in [0, 0.1) is 5.41 Å². The summed E-state index contributed by atoms with van der Waals surface area (Å²) >= 11 is 1.97. The van der Waals surface area contributed by atoms with Crippen LogP contribution >= 0.6 is 11.3 Å². The minimum Gasteiger partial charge on any atom is -0.378 e. The second kappa shape index (κ2) is 6.38. The molecule has 1 aromatic rings. The lowest BCUT2D eigenvalue weighted by Gasteiger charge is -2.33. The molecule has 1 aromatic heterocycles. The molecule has 19 heavy (non-hydrogen) atoms. The lowest BCUT2D eigenvalue weighted by molar-refractivity contribution is 0.0624. The smallest absolute Gasteiger partial charge is 0.0619 e. The Morgan fingerprint density at radius 3 is 2.68 bits per heavy atom. The Labute approximate surface area is 121 Å². The molecule has 0 aromatic carbocycles. The van der Waals surface area contributed by atoms with Crippen LogP contribution in [0.3, 0.4) is 0 Å². The monoisotopic (exact) mass is 281 g/mol. The summed E-state index contributed by atoms with van der Waals surface area (Å²) in [6, 6.07) is 5.13. The minimum absolute atomic E-state index is 0.278. The van der Waals surface area contributed by atoms with Crippen LogP contribution in [0.5, 0.6) is 0 Å². The highest BCUT2D eigenvalue weighted by Crippen LogP contribution is 2.39. The van der Waals surface area contributed by atoms with E-state index >= 15 is 0 Å². The molecule has 2 atom stereocenters. The molecule has 1 saturated heterocycles. The van der Waals surface area contributed by atoms with Crippen molar-refractivity contribution < 1.29 is 4.74 Å². The average molecular weight is 281 g/mol. The fourth-order valence-electron chi connectivity index (χ4n) is 2.81. The average Bonchev–Trinajstić information content (AvgIpc) is 2.96. The molecule has 2 heterocycles. The summed E-state index contributed by atoms with van der Waals surface area (Å²) in [5.74, 6) is 0. The molecule has 2 nitrogen and oxygen atoms in total. The van der Waals surface area contributed by atoms with E-state index in [1.165, 1.54) is 16.2 Å². The van der Waals surface area contributed by atoms with Gasteiger partial charge in [-0.3, -0.25) is 0 Å². The van der Waals surface area contributed by atoms with Gasteiger partial charge in [0.25, 0.3) is 0 Å². The number of nitrogens with one attached hydrogen (secondary N) is 1. The first-order chi connectivity index (χ1) is 9.05. The molecule has 1 N–H and O–H groups in total. The zero-order valence-electron chi connectivity index (χ0n) is 12.7. The number of hydrogen-bond donors (Lipinski definition) is 1. The third-order valence-corrected chi connectivity index (χ3v) is 5.51. The largest absolute Gasteiger partial charge is 0.378 e. The Hall–Kier alpha value is -0.380. The summed E-state index contributed by atoms with van der Waals surface area (Å²) in [4.78, 5) is 3.01. The van der Waals surface area contributed by atoms with Crippen LogP contribution in [-0.2, 0) is 17.6 Å². The number of thiophene rings is 1. The topological polar surface area (TPSA) is 21.3 Å². The fourth-order valence-corrected chi connectivity index (χ4v) is 3.92. The van der Waals surface area contributed by atoms with Crippen molar-refractivity contribution in [2.75, 3.05) is 13.2 Å². The van der Waals surface area contributed by atoms with E-state index in [9.17, 15) is 0 Å². The Morgan fingerprint density at radius 2 is 2.16 bits per heavy atom. The zero-order chi connectivity index (χ0) is 13.9. The predicted octanol–water partition coefficient (Wildman–Crippen LogP) is 3.65. The molecule has 108 valence electrons. The molecule has 0 saturated carbocycles. The molecule has 3 heteroatoms. The molecule has 0 spiro atoms. The van der Waals surface area contributed by atoms with Crippen LogP contribution in [0.2, 0.25) is 0 Å². The van der Waals surface area contributed by atoms with Gasteiger partial charge in [-0.05, 0) is 38.3 Å². The van der Waals surface area contributed by atoms with Gasteiger partial charge in [0, 0.05) is 34.4 Å². The van der Waals surface area contributed by atoms with Gasteiger partial charge in [0.05, 0.1) is 6.10 Å². The second-order valence-electron chi connectivity index (χ2n) is 6.06. The Morgan fingerprint density at radius 1 is 1.42 bits per heavy atom. The van der Waals surface area contributed by atoms with Gasteiger partial charge in [-0.1, -0.05) is 20.8 Å². The van der Waals surface area contributed by atoms with Crippen molar-refractivity contribution in [2.24, 2.45) is 5.41 Å². The molecule has 0 aliphatic carbocycles. The normalized spacial score (nSPS) is 27.3. The van der Waals surface area contributed by atoms with Crippen molar-refractivity contribution in [3.63, 3.8) is 0 Å². The fraction of sp³-hybridized carbons (Fsp3) is 0.750. The summed E-state index contributed by atoms with van der Waals surface area (Å²) < 4.78 is 5.87. The van der Waals surface area contributed by atoms with Crippen molar-refractivity contribution in [1.82, 2.24) is 5.32 Å². The Kier molecular flexibility index (Phi) is 5.04. The van der Waals surface area contributed by atoms with Gasteiger partial charge >= 0.3 is 0 Å². The quantitative estimate of drug-likeness (QED) is 0.859. The Balaban J connectivity index is 2.09. The molecule has 0 bridgehead atoms. The molecule has 1 fully saturated rings. The summed E-state index contributed by atoms with van der Waals surface area (Å²) in [5.41, 5.74) is 0.278. The first-order valence-electron chi connectivity index (χ1n) is 7.48. The van der Waals surface area contributed by atoms with Crippen molar-refractivity contribution in [3.05, 3.63) is 21.9 Å². The third kappa shape index (κ3) is 3.59. The summed E-state index contributed by atoms with van der Waals surface area (Å²) in [7, 11) is 0. The molecule has 0 amide bonds. The van der Waals surface area contributed by atoms with Gasteiger partial charge in [-0.15, -0.1) is 11.3 Å². The Bertz CT molecular complexity index is 401. The van der Waals surface area contributed by atoms with Crippen molar-refractivity contribution in [1.29, 1.82) is 0 Å². The molecule has 1 aliphatic rings. The maximum absolute atomic E-state index is 5.87. The second-order valence-corrected chi connectivity index (χ2v) is 7.31. The minimum atomic E-state index is 0.278. The first-order valence-corrected chi connectivity index (χ1v) is 8.30. The van der Waals surface area contributed by atoms with Gasteiger partial charge in [-0.2, -0.15) is 0 Å². The highest BCUT2D eigenvalue weighted by Gasteiger charge is 2.41. The standard InChI is InChI=1S/C16H27NOS/c1-5-14-6-7-15(19-14)10-16(11-17-12(2)3)8-9-18-13(16)4/h6-7,12-13,17H,5,8-11H2,1-4H3. The van der Waals surface area contributed by atoms with Gasteiger partial charge < -0.3 is 10.1 Å². The van der Waals surface area contributed by atoms with Crippen LogP contribution in [0.15, 0.2) is 12.1 Å². The molecule has 0 radical (unpaired) electrons.